The summed E-state index contributed by atoms with van der Waals surface area (Å²) in [5, 5.41) is 0. The molecule has 0 aromatic heterocycles. The molecule has 6 heteroatoms. The number of ether oxygens (including phenoxy) is 3. The predicted octanol–water partition coefficient (Wildman–Crippen LogP) is 20.0. The molecule has 0 bridgehead atoms. The van der Waals surface area contributed by atoms with Crippen LogP contribution in [-0.2, 0) is 28.6 Å². The molecule has 0 aromatic carbocycles. The summed E-state index contributed by atoms with van der Waals surface area (Å²) in [4.78, 5) is 38.2. The number of carbonyl (C=O) groups is 3. The van der Waals surface area contributed by atoms with Crippen LogP contribution in [0.15, 0.2) is 146 Å². The number of allylic oxidation sites excluding steroid dienone is 24. The van der Waals surface area contributed by atoms with Crippen LogP contribution in [0.4, 0.5) is 0 Å². The van der Waals surface area contributed by atoms with Gasteiger partial charge in [-0.05, 0) is 128 Å². The van der Waals surface area contributed by atoms with E-state index < -0.39 is 6.10 Å². The summed E-state index contributed by atoms with van der Waals surface area (Å²) >= 11 is 0. The van der Waals surface area contributed by atoms with Crippen molar-refractivity contribution in [2.24, 2.45) is 0 Å². The number of carbonyl (C=O) groups excluding carboxylic acids is 3. The fourth-order valence-electron chi connectivity index (χ4n) is 7.49. The van der Waals surface area contributed by atoms with Gasteiger partial charge in [-0.25, -0.2) is 0 Å². The van der Waals surface area contributed by atoms with Gasteiger partial charge in [0.1, 0.15) is 13.2 Å². The van der Waals surface area contributed by atoms with Crippen molar-refractivity contribution in [1.82, 2.24) is 0 Å². The highest BCUT2D eigenvalue weighted by molar-refractivity contribution is 5.71. The molecular formula is C67H106O6. The highest BCUT2D eigenvalue weighted by Crippen LogP contribution is 2.13. The minimum Gasteiger partial charge on any atom is -0.462 e. The third kappa shape index (κ3) is 58.1. The topological polar surface area (TPSA) is 78.9 Å². The lowest BCUT2D eigenvalue weighted by Crippen LogP contribution is -2.30. The van der Waals surface area contributed by atoms with Gasteiger partial charge in [0.05, 0.1) is 0 Å². The van der Waals surface area contributed by atoms with Crippen molar-refractivity contribution >= 4 is 17.9 Å². The van der Waals surface area contributed by atoms with E-state index in [0.29, 0.717) is 19.3 Å². The van der Waals surface area contributed by atoms with Crippen molar-refractivity contribution in [1.29, 1.82) is 0 Å². The van der Waals surface area contributed by atoms with Crippen molar-refractivity contribution in [3.8, 4) is 0 Å². The molecular weight excluding hydrogens is 901 g/mol. The van der Waals surface area contributed by atoms with Crippen LogP contribution >= 0.6 is 0 Å². The zero-order chi connectivity index (χ0) is 52.9. The van der Waals surface area contributed by atoms with E-state index in [1.807, 2.05) is 12.2 Å². The Morgan fingerprint density at radius 1 is 0.288 bits per heavy atom. The molecule has 0 heterocycles. The molecule has 73 heavy (non-hydrogen) atoms. The molecule has 0 fully saturated rings. The average Bonchev–Trinajstić information content (AvgIpc) is 3.39. The fourth-order valence-corrected chi connectivity index (χ4v) is 7.49. The minimum absolute atomic E-state index is 0.123. The first-order valence-electron chi connectivity index (χ1n) is 29.3. The summed E-state index contributed by atoms with van der Waals surface area (Å²) in [5.41, 5.74) is 0. The number of esters is 3. The molecule has 0 aliphatic heterocycles. The largest absolute Gasteiger partial charge is 0.462 e. The molecule has 1 unspecified atom stereocenters. The summed E-state index contributed by atoms with van der Waals surface area (Å²) in [6.07, 6.45) is 85.6. The molecule has 6 nitrogen and oxygen atoms in total. The first kappa shape index (κ1) is 68.3. The van der Waals surface area contributed by atoms with Gasteiger partial charge in [-0.3, -0.25) is 14.4 Å². The zero-order valence-electron chi connectivity index (χ0n) is 46.8. The first-order valence-corrected chi connectivity index (χ1v) is 29.3. The molecule has 0 aromatic rings. The van der Waals surface area contributed by atoms with E-state index in [-0.39, 0.29) is 44.0 Å². The van der Waals surface area contributed by atoms with E-state index in [0.717, 1.165) is 109 Å². The van der Waals surface area contributed by atoms with Crippen LogP contribution in [0.1, 0.15) is 239 Å². The predicted molar refractivity (Wildman–Crippen MR) is 315 cm³/mol. The van der Waals surface area contributed by atoms with E-state index in [4.69, 9.17) is 14.2 Å². The normalized spacial score (nSPS) is 13.2. The lowest BCUT2D eigenvalue weighted by molar-refractivity contribution is -0.166. The second kappa shape index (κ2) is 59.8. The Hall–Kier alpha value is -4.71. The smallest absolute Gasteiger partial charge is 0.306 e. The molecule has 0 aliphatic rings. The summed E-state index contributed by atoms with van der Waals surface area (Å²) in [5.74, 6) is -1.05. The van der Waals surface area contributed by atoms with Crippen LogP contribution in [0.25, 0.3) is 0 Å². The molecule has 410 valence electrons. The van der Waals surface area contributed by atoms with Crippen LogP contribution in [0.5, 0.6) is 0 Å². The van der Waals surface area contributed by atoms with E-state index in [1.165, 1.54) is 77.0 Å². The van der Waals surface area contributed by atoms with Crippen LogP contribution in [0, 0.1) is 0 Å². The van der Waals surface area contributed by atoms with Crippen molar-refractivity contribution in [2.75, 3.05) is 13.2 Å². The van der Waals surface area contributed by atoms with Crippen molar-refractivity contribution in [2.45, 2.75) is 245 Å². The van der Waals surface area contributed by atoms with Crippen molar-refractivity contribution < 1.29 is 28.6 Å². The van der Waals surface area contributed by atoms with Gasteiger partial charge in [0.2, 0.25) is 0 Å². The summed E-state index contributed by atoms with van der Waals surface area (Å²) < 4.78 is 16.8. The summed E-state index contributed by atoms with van der Waals surface area (Å²) in [6, 6.07) is 0. The molecule has 0 rings (SSSR count). The van der Waals surface area contributed by atoms with Gasteiger partial charge in [0, 0.05) is 19.3 Å². The maximum Gasteiger partial charge on any atom is 0.306 e. The Labute approximate surface area is 448 Å². The summed E-state index contributed by atoms with van der Waals surface area (Å²) in [7, 11) is 0. The summed E-state index contributed by atoms with van der Waals surface area (Å²) in [6.45, 7) is 6.30. The second-order valence-corrected chi connectivity index (χ2v) is 18.8. The van der Waals surface area contributed by atoms with Crippen molar-refractivity contribution in [3.05, 3.63) is 146 Å². The minimum atomic E-state index is -0.835. The Bertz CT molecular complexity index is 1630. The van der Waals surface area contributed by atoms with Gasteiger partial charge >= 0.3 is 17.9 Å². The maximum atomic E-state index is 12.9. The van der Waals surface area contributed by atoms with Gasteiger partial charge < -0.3 is 14.2 Å². The molecule has 0 amide bonds. The Balaban J connectivity index is 4.60. The number of hydrogen-bond donors (Lipinski definition) is 0. The maximum absolute atomic E-state index is 12.9. The van der Waals surface area contributed by atoms with E-state index in [9.17, 15) is 14.4 Å². The SMILES string of the molecule is CC/C=C\C/C=C\C/C=C\C/C=C\C/C=C\C/C=C\CCC(=O)OCC(COC(=O)CCCCCCCCC/C=C\CCCCCCCC)OC(=O)CCCCC/C=C\C/C=C\C/C=C\C/C=C\C/C=C\CC. The molecule has 0 N–H and O–H groups in total. The Kier molecular flexibility index (Phi) is 56.0. The molecule has 0 saturated carbocycles. The molecule has 1 atom stereocenters. The van der Waals surface area contributed by atoms with Gasteiger partial charge in [-0.1, -0.05) is 237 Å². The van der Waals surface area contributed by atoms with Crippen molar-refractivity contribution in [3.63, 3.8) is 0 Å². The fraction of sp³-hybridized carbons (Fsp3) is 0.597. The van der Waals surface area contributed by atoms with E-state index >= 15 is 0 Å². The van der Waals surface area contributed by atoms with Gasteiger partial charge in [-0.15, -0.1) is 0 Å². The highest BCUT2D eigenvalue weighted by Gasteiger charge is 2.19. The average molecular weight is 1010 g/mol. The van der Waals surface area contributed by atoms with Gasteiger partial charge in [-0.2, -0.15) is 0 Å². The Morgan fingerprint density at radius 3 is 0.945 bits per heavy atom. The van der Waals surface area contributed by atoms with Crippen LogP contribution in [0.3, 0.4) is 0 Å². The third-order valence-electron chi connectivity index (χ3n) is 11.8. The molecule has 0 aliphatic carbocycles. The standard InChI is InChI=1S/C67H106O6/c1-4-7-10-13-16-19-22-25-28-31-33-36-39-42-45-48-51-54-57-60-66(69)72-63-64(62-71-65(68)59-56-53-50-47-44-41-38-35-30-27-24-21-18-15-12-9-6-3)73-67(70)61-58-55-52-49-46-43-40-37-34-32-29-26-23-20-17-14-11-8-5-2/h7-8,10-11,16-17,19-20,25-30,33-34,36-37,42-43,45-46,51,54,64H,4-6,9,12-15,18,21-24,31-32,35,38-41,44,47-50,52-53,55-63H2,1-3H3/b10-7-,11-8-,19-16-,20-17-,28-25-,29-26-,30-27-,36-33-,37-34-,45-42-,46-43-,54-51-. The number of rotatable bonds is 51. The number of hydrogen-bond acceptors (Lipinski definition) is 6. The van der Waals surface area contributed by atoms with Gasteiger partial charge in [0.15, 0.2) is 6.10 Å². The number of unbranched alkanes of at least 4 members (excludes halogenated alkanes) is 16. The van der Waals surface area contributed by atoms with E-state index in [1.54, 1.807) is 0 Å². The Morgan fingerprint density at radius 2 is 0.562 bits per heavy atom. The second-order valence-electron chi connectivity index (χ2n) is 18.8. The third-order valence-corrected chi connectivity index (χ3v) is 11.8. The lowest BCUT2D eigenvalue weighted by atomic mass is 10.1. The zero-order valence-corrected chi connectivity index (χ0v) is 46.8. The first-order chi connectivity index (χ1) is 36.0. The quantitative estimate of drug-likeness (QED) is 0.0261. The van der Waals surface area contributed by atoms with Crippen LogP contribution in [0.2, 0.25) is 0 Å². The molecule has 0 saturated heterocycles. The highest BCUT2D eigenvalue weighted by atomic mass is 16.6. The molecule has 0 spiro atoms. The van der Waals surface area contributed by atoms with Gasteiger partial charge in [0.25, 0.3) is 0 Å². The monoisotopic (exact) mass is 1010 g/mol. The van der Waals surface area contributed by atoms with Crippen LogP contribution in [-0.4, -0.2) is 37.2 Å². The van der Waals surface area contributed by atoms with Crippen LogP contribution < -0.4 is 0 Å². The lowest BCUT2D eigenvalue weighted by Gasteiger charge is -2.18. The molecule has 0 radical (unpaired) electrons. The van der Waals surface area contributed by atoms with E-state index in [2.05, 4.69) is 154 Å².